The van der Waals surface area contributed by atoms with Gasteiger partial charge in [-0.05, 0) is 21.1 Å². The van der Waals surface area contributed by atoms with Gasteiger partial charge in [-0.3, -0.25) is 0 Å². The van der Waals surface area contributed by atoms with Crippen molar-refractivity contribution in [2.24, 2.45) is 0 Å². The average molecular weight is 92.1 g/mol. The van der Waals surface area contributed by atoms with Crippen molar-refractivity contribution >= 4 is 0 Å². The molecule has 0 aliphatic carbocycles. The molecule has 0 unspecified atom stereocenters. The van der Waals surface area contributed by atoms with Crippen LogP contribution in [0.15, 0.2) is 0 Å². The maximum Gasteiger partial charge on any atom is -0.0140 e. The Morgan fingerprint density at radius 1 is 1.17 bits per heavy atom. The summed E-state index contributed by atoms with van der Waals surface area (Å²) in [5.74, 6) is 2.00. The number of nitrogens with zero attached hydrogens (tertiary/aromatic N) is 1. The second-order valence-electron chi connectivity index (χ2n) is 1.34. The highest BCUT2D eigenvalue weighted by Crippen LogP contribution is 1.47. The van der Waals surface area contributed by atoms with Crippen molar-refractivity contribution in [1.82, 2.24) is 4.90 Å². The van der Waals surface area contributed by atoms with E-state index in [9.17, 15) is 0 Å². The van der Waals surface area contributed by atoms with Gasteiger partial charge in [-0.15, -0.1) is 0 Å². The van der Waals surface area contributed by atoms with Crippen LogP contribution in [0.4, 0.5) is 0 Å². The topological polar surface area (TPSA) is 53.9 Å². The SMILES string of the molecule is CN(C)C.[NH3+][O-]. The summed E-state index contributed by atoms with van der Waals surface area (Å²) in [5.41, 5.74) is 0. The number of hydrogen-bond donors (Lipinski definition) is 1. The van der Waals surface area contributed by atoms with Crippen LogP contribution < -0.4 is 5.90 Å². The Morgan fingerprint density at radius 2 is 1.17 bits per heavy atom. The lowest BCUT2D eigenvalue weighted by atomic mass is 11.0. The first kappa shape index (κ1) is 9.30. The molecule has 0 radical (unpaired) electrons. The van der Waals surface area contributed by atoms with Crippen LogP contribution in [0.25, 0.3) is 0 Å². The summed E-state index contributed by atoms with van der Waals surface area (Å²) in [7, 11) is 6.00. The van der Waals surface area contributed by atoms with Crippen LogP contribution in [0.1, 0.15) is 0 Å². The van der Waals surface area contributed by atoms with E-state index in [0.29, 0.717) is 0 Å². The summed E-state index contributed by atoms with van der Waals surface area (Å²) < 4.78 is 0. The quantitative estimate of drug-likeness (QED) is 0.386. The lowest BCUT2D eigenvalue weighted by Gasteiger charge is -1.90. The van der Waals surface area contributed by atoms with Crippen LogP contribution in [0.5, 0.6) is 0 Å². The Labute approximate surface area is 38.3 Å². The molecule has 6 heavy (non-hydrogen) atoms. The molecule has 0 fully saturated rings. The minimum atomic E-state index is 2.00. The van der Waals surface area contributed by atoms with Crippen LogP contribution in [-0.4, -0.2) is 26.0 Å². The number of quaternary nitrogens is 1. The minimum absolute atomic E-state index is 2.00. The van der Waals surface area contributed by atoms with Gasteiger partial charge in [0.15, 0.2) is 0 Å². The zero-order chi connectivity index (χ0) is 5.58. The van der Waals surface area contributed by atoms with Crippen LogP contribution >= 0.6 is 0 Å². The summed E-state index contributed by atoms with van der Waals surface area (Å²) in [6.45, 7) is 0. The maximum absolute atomic E-state index is 8.00. The van der Waals surface area contributed by atoms with Gasteiger partial charge in [-0.2, -0.15) is 0 Å². The summed E-state index contributed by atoms with van der Waals surface area (Å²) in [6.07, 6.45) is 0. The van der Waals surface area contributed by atoms with Gasteiger partial charge in [-0.25, -0.2) is 0 Å². The molecule has 0 aromatic heterocycles. The standard InChI is InChI=1S/C3H9N.H3NO/c1-4(2)3;1-2/h1-3H3;1H3. The second kappa shape index (κ2) is 8.86. The van der Waals surface area contributed by atoms with Crippen LogP contribution in [0, 0.1) is 5.21 Å². The molecular formula is C3H12N2O. The van der Waals surface area contributed by atoms with E-state index in [1.54, 1.807) is 0 Å². The maximum atomic E-state index is 8.00. The molecule has 0 saturated carbocycles. The summed E-state index contributed by atoms with van der Waals surface area (Å²) >= 11 is 0. The minimum Gasteiger partial charge on any atom is -0.637 e. The van der Waals surface area contributed by atoms with Gasteiger partial charge >= 0.3 is 0 Å². The molecule has 3 N–H and O–H groups in total. The third-order valence-corrected chi connectivity index (χ3v) is 0. The molecule has 0 saturated heterocycles. The first-order chi connectivity index (χ1) is 2.73. The molecule has 40 valence electrons. The van der Waals surface area contributed by atoms with E-state index < -0.39 is 0 Å². The fourth-order valence-corrected chi connectivity index (χ4v) is 0. The predicted octanol–water partition coefficient (Wildman–Crippen LogP) is -1.10. The molecule has 0 aliphatic heterocycles. The first-order valence-corrected chi connectivity index (χ1v) is 1.63. The van der Waals surface area contributed by atoms with Crippen molar-refractivity contribution < 1.29 is 5.90 Å². The van der Waals surface area contributed by atoms with Gasteiger partial charge in [0.25, 0.3) is 0 Å². The largest absolute Gasteiger partial charge is 0.637 e. The Morgan fingerprint density at radius 3 is 1.17 bits per heavy atom. The zero-order valence-corrected chi connectivity index (χ0v) is 4.56. The van der Waals surface area contributed by atoms with Crippen molar-refractivity contribution in [3.63, 3.8) is 0 Å². The fourth-order valence-electron chi connectivity index (χ4n) is 0. The van der Waals surface area contributed by atoms with Gasteiger partial charge in [0.2, 0.25) is 0 Å². The Kier molecular flexibility index (Phi) is 13.7. The first-order valence-electron chi connectivity index (χ1n) is 1.63. The lowest BCUT2D eigenvalue weighted by Crippen LogP contribution is -2.37. The van der Waals surface area contributed by atoms with Crippen molar-refractivity contribution in [1.29, 1.82) is 0 Å². The molecule has 0 atom stereocenters. The van der Waals surface area contributed by atoms with Gasteiger partial charge < -0.3 is 16.0 Å². The Hall–Kier alpha value is -0.120. The highest BCUT2D eigenvalue weighted by molar-refractivity contribution is 4.09. The molecule has 0 aromatic rings. The monoisotopic (exact) mass is 92.1 g/mol. The molecule has 0 spiro atoms. The molecule has 0 aromatic carbocycles. The lowest BCUT2D eigenvalue weighted by molar-refractivity contribution is -0.275. The van der Waals surface area contributed by atoms with Crippen molar-refractivity contribution in [2.45, 2.75) is 0 Å². The molecule has 0 aliphatic rings. The molecule has 3 nitrogen and oxygen atoms in total. The molecule has 0 bridgehead atoms. The van der Waals surface area contributed by atoms with E-state index in [1.165, 1.54) is 0 Å². The van der Waals surface area contributed by atoms with Gasteiger partial charge in [0.05, 0.1) is 0 Å². The average Bonchev–Trinajstić information content (AvgIpc) is 1.41. The van der Waals surface area contributed by atoms with Crippen molar-refractivity contribution in [3.8, 4) is 0 Å². The highest BCUT2D eigenvalue weighted by Gasteiger charge is 1.58. The fraction of sp³-hybridized carbons (Fsp3) is 1.00. The van der Waals surface area contributed by atoms with E-state index in [4.69, 9.17) is 5.21 Å². The van der Waals surface area contributed by atoms with E-state index in [-0.39, 0.29) is 0 Å². The molecule has 3 heteroatoms. The summed E-state index contributed by atoms with van der Waals surface area (Å²) in [5, 5.41) is 8.00. The second-order valence-corrected chi connectivity index (χ2v) is 1.34. The third-order valence-electron chi connectivity index (χ3n) is 0. The zero-order valence-electron chi connectivity index (χ0n) is 4.56. The van der Waals surface area contributed by atoms with Gasteiger partial charge in [0.1, 0.15) is 0 Å². The third kappa shape index (κ3) is 2230. The van der Waals surface area contributed by atoms with Crippen LogP contribution in [0.3, 0.4) is 0 Å². The number of hydrogen-bond acceptors (Lipinski definition) is 2. The van der Waals surface area contributed by atoms with Crippen molar-refractivity contribution in [2.75, 3.05) is 21.1 Å². The predicted molar refractivity (Wildman–Crippen MR) is 25.9 cm³/mol. The Balaban J connectivity index is 0. The molecular weight excluding hydrogens is 80.0 g/mol. The Bertz CT molecular complexity index is 13.5. The molecule has 0 rings (SSSR count). The molecule has 0 amide bonds. The van der Waals surface area contributed by atoms with Crippen LogP contribution in [-0.2, 0) is 0 Å². The summed E-state index contributed by atoms with van der Waals surface area (Å²) in [4.78, 5) is 2.00. The van der Waals surface area contributed by atoms with Gasteiger partial charge in [-0.1, -0.05) is 0 Å². The smallest absolute Gasteiger partial charge is 0.0140 e. The van der Waals surface area contributed by atoms with Crippen molar-refractivity contribution in [3.05, 3.63) is 5.21 Å². The molecule has 0 heterocycles. The van der Waals surface area contributed by atoms with Gasteiger partial charge in [0, 0.05) is 0 Å². The van der Waals surface area contributed by atoms with E-state index in [2.05, 4.69) is 0 Å². The normalized spacial score (nSPS) is 7.00. The highest BCUT2D eigenvalue weighted by atomic mass is 16.4. The van der Waals surface area contributed by atoms with E-state index in [0.717, 1.165) is 0 Å². The van der Waals surface area contributed by atoms with E-state index >= 15 is 0 Å². The van der Waals surface area contributed by atoms with Crippen LogP contribution in [0.2, 0.25) is 0 Å². The number of rotatable bonds is 0. The van der Waals surface area contributed by atoms with E-state index in [1.807, 2.05) is 31.9 Å². The summed E-state index contributed by atoms with van der Waals surface area (Å²) in [6, 6.07) is 0.